The van der Waals surface area contributed by atoms with Gasteiger partial charge in [0.1, 0.15) is 5.41 Å². The molecule has 2 saturated carbocycles. The van der Waals surface area contributed by atoms with Crippen molar-refractivity contribution >= 4 is 23.5 Å². The standard InChI is InChI=1S/C15H16N2O4/c18-12(16-10-5-6-10)9-1-3-11(4-2-9)17-13(19)15(7-8-15)14(20)21/h1-4,10H,5-8H2,(H,16,18)(H,17,19)(H,20,21). The largest absolute Gasteiger partial charge is 0.480 e. The number of hydrogen-bond acceptors (Lipinski definition) is 3. The number of aliphatic carboxylic acids is 1. The number of hydrogen-bond donors (Lipinski definition) is 3. The molecule has 1 aromatic rings. The summed E-state index contributed by atoms with van der Waals surface area (Å²) in [4.78, 5) is 34.8. The number of amides is 2. The molecule has 0 saturated heterocycles. The highest BCUT2D eigenvalue weighted by molar-refractivity contribution is 6.10. The van der Waals surface area contributed by atoms with E-state index in [0.717, 1.165) is 12.8 Å². The number of nitrogens with one attached hydrogen (secondary N) is 2. The smallest absolute Gasteiger partial charge is 0.319 e. The third-order valence-electron chi connectivity index (χ3n) is 3.91. The first-order valence-electron chi connectivity index (χ1n) is 6.97. The summed E-state index contributed by atoms with van der Waals surface area (Å²) in [6.45, 7) is 0. The van der Waals surface area contributed by atoms with Crippen LogP contribution in [0.15, 0.2) is 24.3 Å². The second-order valence-electron chi connectivity index (χ2n) is 5.67. The van der Waals surface area contributed by atoms with Gasteiger partial charge in [0.15, 0.2) is 0 Å². The Hall–Kier alpha value is -2.37. The van der Waals surface area contributed by atoms with E-state index in [9.17, 15) is 14.4 Å². The molecule has 110 valence electrons. The molecule has 6 heteroatoms. The molecule has 0 bridgehead atoms. The average molecular weight is 288 g/mol. The van der Waals surface area contributed by atoms with Crippen LogP contribution in [0.2, 0.25) is 0 Å². The molecular formula is C15H16N2O4. The maximum atomic E-state index is 11.9. The number of carboxylic acid groups (broad SMARTS) is 1. The lowest BCUT2D eigenvalue weighted by atomic mass is 10.1. The van der Waals surface area contributed by atoms with Crippen molar-refractivity contribution in [3.8, 4) is 0 Å². The van der Waals surface area contributed by atoms with E-state index in [2.05, 4.69) is 10.6 Å². The number of carbonyl (C=O) groups excluding carboxylic acids is 2. The van der Waals surface area contributed by atoms with E-state index >= 15 is 0 Å². The average Bonchev–Trinajstić information content (AvgIpc) is 3.33. The molecule has 6 nitrogen and oxygen atoms in total. The zero-order valence-electron chi connectivity index (χ0n) is 11.4. The van der Waals surface area contributed by atoms with Gasteiger partial charge in [-0.1, -0.05) is 0 Å². The Morgan fingerprint density at radius 3 is 2.19 bits per heavy atom. The zero-order valence-corrected chi connectivity index (χ0v) is 11.4. The minimum absolute atomic E-state index is 0.125. The second kappa shape index (κ2) is 4.87. The summed E-state index contributed by atoms with van der Waals surface area (Å²) in [6, 6.07) is 6.75. The van der Waals surface area contributed by atoms with Crippen molar-refractivity contribution in [3.05, 3.63) is 29.8 Å². The van der Waals surface area contributed by atoms with E-state index in [-0.39, 0.29) is 5.91 Å². The fourth-order valence-electron chi connectivity index (χ4n) is 2.12. The minimum atomic E-state index is -1.26. The fraction of sp³-hybridized carbons (Fsp3) is 0.400. The highest BCUT2D eigenvalue weighted by atomic mass is 16.4. The maximum Gasteiger partial charge on any atom is 0.319 e. The summed E-state index contributed by atoms with van der Waals surface area (Å²) < 4.78 is 0. The summed E-state index contributed by atoms with van der Waals surface area (Å²) in [6.07, 6.45) is 2.79. The van der Waals surface area contributed by atoms with Crippen molar-refractivity contribution < 1.29 is 19.5 Å². The van der Waals surface area contributed by atoms with E-state index in [1.807, 2.05) is 0 Å². The normalized spacial score (nSPS) is 18.7. The molecule has 0 aliphatic heterocycles. The number of carboxylic acids is 1. The first-order valence-corrected chi connectivity index (χ1v) is 6.97. The van der Waals surface area contributed by atoms with E-state index in [0.29, 0.717) is 30.1 Å². The molecule has 0 heterocycles. The van der Waals surface area contributed by atoms with Crippen molar-refractivity contribution in [1.29, 1.82) is 0 Å². The number of benzene rings is 1. The van der Waals surface area contributed by atoms with Crippen molar-refractivity contribution in [2.45, 2.75) is 31.7 Å². The van der Waals surface area contributed by atoms with Gasteiger partial charge in [0, 0.05) is 17.3 Å². The third kappa shape index (κ3) is 2.74. The lowest BCUT2D eigenvalue weighted by molar-refractivity contribution is -0.147. The molecule has 0 radical (unpaired) electrons. The van der Waals surface area contributed by atoms with Gasteiger partial charge in [-0.05, 0) is 49.9 Å². The SMILES string of the molecule is O=C(NC1CC1)c1ccc(NC(=O)C2(C(=O)O)CC2)cc1. The second-order valence-corrected chi connectivity index (χ2v) is 5.67. The fourth-order valence-corrected chi connectivity index (χ4v) is 2.12. The molecule has 2 aliphatic carbocycles. The van der Waals surface area contributed by atoms with Crippen LogP contribution in [0.5, 0.6) is 0 Å². The van der Waals surface area contributed by atoms with Gasteiger partial charge >= 0.3 is 5.97 Å². The zero-order chi connectivity index (χ0) is 15.0. The molecule has 2 aliphatic rings. The maximum absolute atomic E-state index is 11.9. The lowest BCUT2D eigenvalue weighted by Gasteiger charge is -2.11. The molecule has 21 heavy (non-hydrogen) atoms. The Morgan fingerprint density at radius 2 is 1.71 bits per heavy atom. The number of anilines is 1. The van der Waals surface area contributed by atoms with Gasteiger partial charge in [0.2, 0.25) is 5.91 Å². The van der Waals surface area contributed by atoms with Crippen LogP contribution in [-0.2, 0) is 9.59 Å². The van der Waals surface area contributed by atoms with Gasteiger partial charge in [-0.3, -0.25) is 14.4 Å². The molecule has 3 rings (SSSR count). The molecule has 0 aromatic heterocycles. The summed E-state index contributed by atoms with van der Waals surface area (Å²) in [7, 11) is 0. The van der Waals surface area contributed by atoms with Gasteiger partial charge in [0.05, 0.1) is 0 Å². The molecule has 2 fully saturated rings. The number of rotatable bonds is 5. The molecule has 0 atom stereocenters. The van der Waals surface area contributed by atoms with Crippen molar-refractivity contribution in [1.82, 2.24) is 5.32 Å². The van der Waals surface area contributed by atoms with E-state index in [4.69, 9.17) is 5.11 Å². The van der Waals surface area contributed by atoms with Gasteiger partial charge in [0.25, 0.3) is 5.91 Å². The monoisotopic (exact) mass is 288 g/mol. The highest BCUT2D eigenvalue weighted by Gasteiger charge is 2.57. The Kier molecular flexibility index (Phi) is 3.16. The van der Waals surface area contributed by atoms with Crippen LogP contribution in [0.25, 0.3) is 0 Å². The summed E-state index contributed by atoms with van der Waals surface area (Å²) in [5.41, 5.74) is -0.239. The Morgan fingerprint density at radius 1 is 1.10 bits per heavy atom. The number of carbonyl (C=O) groups is 3. The predicted molar refractivity (Wildman–Crippen MR) is 74.9 cm³/mol. The minimum Gasteiger partial charge on any atom is -0.480 e. The Bertz CT molecular complexity index is 601. The first kappa shape index (κ1) is 13.6. The van der Waals surface area contributed by atoms with Crippen LogP contribution in [-0.4, -0.2) is 28.9 Å². The Balaban J connectivity index is 1.63. The molecule has 1 aromatic carbocycles. The molecule has 3 N–H and O–H groups in total. The quantitative estimate of drug-likeness (QED) is 0.713. The van der Waals surface area contributed by atoms with Crippen molar-refractivity contribution in [2.75, 3.05) is 5.32 Å². The van der Waals surface area contributed by atoms with E-state index < -0.39 is 17.3 Å². The van der Waals surface area contributed by atoms with Crippen LogP contribution in [0.4, 0.5) is 5.69 Å². The van der Waals surface area contributed by atoms with Crippen LogP contribution in [0, 0.1) is 5.41 Å². The summed E-state index contributed by atoms with van der Waals surface area (Å²) in [5.74, 6) is -1.70. The third-order valence-corrected chi connectivity index (χ3v) is 3.91. The van der Waals surface area contributed by atoms with Gasteiger partial charge in [-0.15, -0.1) is 0 Å². The topological polar surface area (TPSA) is 95.5 Å². The summed E-state index contributed by atoms with van der Waals surface area (Å²) in [5, 5.41) is 14.5. The van der Waals surface area contributed by atoms with E-state index in [1.54, 1.807) is 24.3 Å². The van der Waals surface area contributed by atoms with Gasteiger partial charge in [-0.25, -0.2) is 0 Å². The highest BCUT2D eigenvalue weighted by Crippen LogP contribution is 2.46. The van der Waals surface area contributed by atoms with Gasteiger partial charge < -0.3 is 15.7 Å². The summed E-state index contributed by atoms with van der Waals surface area (Å²) >= 11 is 0. The van der Waals surface area contributed by atoms with Crippen LogP contribution in [0.3, 0.4) is 0 Å². The van der Waals surface area contributed by atoms with E-state index in [1.165, 1.54) is 0 Å². The van der Waals surface area contributed by atoms with Crippen LogP contribution >= 0.6 is 0 Å². The van der Waals surface area contributed by atoms with Gasteiger partial charge in [-0.2, -0.15) is 0 Å². The lowest BCUT2D eigenvalue weighted by Crippen LogP contribution is -2.31. The molecule has 0 spiro atoms. The Labute approximate surface area is 121 Å². The molecular weight excluding hydrogens is 272 g/mol. The van der Waals surface area contributed by atoms with Crippen LogP contribution < -0.4 is 10.6 Å². The van der Waals surface area contributed by atoms with Crippen molar-refractivity contribution in [3.63, 3.8) is 0 Å². The van der Waals surface area contributed by atoms with Crippen molar-refractivity contribution in [2.24, 2.45) is 5.41 Å². The predicted octanol–water partition coefficient (Wildman–Crippen LogP) is 1.38. The molecule has 2 amide bonds. The van der Waals surface area contributed by atoms with Crippen LogP contribution in [0.1, 0.15) is 36.0 Å². The molecule has 0 unspecified atom stereocenters. The first-order chi connectivity index (χ1) is 10.0.